The molecule has 4 atom stereocenters. The summed E-state index contributed by atoms with van der Waals surface area (Å²) in [5.74, 6) is -0.509. The Bertz CT molecular complexity index is 212. The minimum absolute atomic E-state index is 0.00694. The molecule has 1 aliphatic heterocycles. The minimum atomic E-state index is -0.548. The molecule has 0 spiro atoms. The first-order valence-corrected chi connectivity index (χ1v) is 4.21. The highest BCUT2D eigenvalue weighted by molar-refractivity contribution is 5.10. The van der Waals surface area contributed by atoms with Gasteiger partial charge in [0.2, 0.25) is 0 Å². The van der Waals surface area contributed by atoms with E-state index in [0.717, 1.165) is 0 Å². The summed E-state index contributed by atoms with van der Waals surface area (Å²) < 4.78 is 11.0. The van der Waals surface area contributed by atoms with Gasteiger partial charge in [0.25, 0.3) is 0 Å². The SMILES string of the molecule is C=C[C@H]1[C@@H](O)[C@@H]2OC(C)(C)O[C@H]12. The summed E-state index contributed by atoms with van der Waals surface area (Å²) >= 11 is 0. The molecule has 1 aliphatic carbocycles. The van der Waals surface area contributed by atoms with Crippen LogP contribution < -0.4 is 0 Å². The molecule has 1 N–H and O–H groups in total. The van der Waals surface area contributed by atoms with Crippen LogP contribution >= 0.6 is 0 Å². The number of hydrogen-bond acceptors (Lipinski definition) is 3. The maximum Gasteiger partial charge on any atom is 0.163 e. The van der Waals surface area contributed by atoms with E-state index in [1.54, 1.807) is 6.08 Å². The number of aliphatic hydroxyl groups excluding tert-OH is 1. The Morgan fingerprint density at radius 1 is 1.33 bits per heavy atom. The lowest BCUT2D eigenvalue weighted by molar-refractivity contribution is -0.143. The molecule has 0 aromatic carbocycles. The van der Waals surface area contributed by atoms with E-state index in [0.29, 0.717) is 0 Å². The Morgan fingerprint density at radius 3 is 2.50 bits per heavy atom. The third kappa shape index (κ3) is 0.937. The molecule has 2 aliphatic rings. The first-order chi connectivity index (χ1) is 5.55. The van der Waals surface area contributed by atoms with Crippen LogP contribution in [-0.4, -0.2) is 29.2 Å². The average Bonchev–Trinajstić information content (AvgIpc) is 2.25. The smallest absolute Gasteiger partial charge is 0.163 e. The zero-order valence-electron chi connectivity index (χ0n) is 7.36. The molecule has 2 rings (SSSR count). The van der Waals surface area contributed by atoms with Gasteiger partial charge in [0.05, 0.1) is 12.2 Å². The summed E-state index contributed by atoms with van der Waals surface area (Å²) in [5, 5.41) is 9.53. The van der Waals surface area contributed by atoms with Crippen molar-refractivity contribution in [3.63, 3.8) is 0 Å². The van der Waals surface area contributed by atoms with Crippen LogP contribution in [0.15, 0.2) is 12.7 Å². The normalized spacial score (nSPS) is 49.6. The van der Waals surface area contributed by atoms with Gasteiger partial charge >= 0.3 is 0 Å². The van der Waals surface area contributed by atoms with Gasteiger partial charge in [0.15, 0.2) is 5.79 Å². The molecule has 2 fully saturated rings. The fraction of sp³-hybridized carbons (Fsp3) is 0.778. The highest BCUT2D eigenvalue weighted by Crippen LogP contribution is 2.44. The van der Waals surface area contributed by atoms with Gasteiger partial charge in [0, 0.05) is 5.92 Å². The van der Waals surface area contributed by atoms with Crippen LogP contribution in [0.1, 0.15) is 13.8 Å². The standard InChI is InChI=1S/C9H14O3/c1-4-5-6(10)8-7(5)11-9(2,3)12-8/h4-8,10H,1H2,2-3H3/t5-,6+,7+,8-/m0/s1. The molecule has 0 aromatic rings. The quantitative estimate of drug-likeness (QED) is 0.588. The lowest BCUT2D eigenvalue weighted by Gasteiger charge is -2.40. The van der Waals surface area contributed by atoms with Crippen molar-refractivity contribution in [1.29, 1.82) is 0 Å². The third-order valence-electron chi connectivity index (χ3n) is 2.55. The molecule has 68 valence electrons. The van der Waals surface area contributed by atoms with E-state index in [1.165, 1.54) is 0 Å². The van der Waals surface area contributed by atoms with Crippen molar-refractivity contribution in [3.05, 3.63) is 12.7 Å². The van der Waals surface area contributed by atoms with Crippen molar-refractivity contribution in [2.45, 2.75) is 37.9 Å². The van der Waals surface area contributed by atoms with Crippen LogP contribution in [0.5, 0.6) is 0 Å². The predicted molar refractivity (Wildman–Crippen MR) is 43.5 cm³/mol. The number of hydrogen-bond donors (Lipinski definition) is 1. The molecular formula is C9H14O3. The van der Waals surface area contributed by atoms with Crippen LogP contribution in [0.25, 0.3) is 0 Å². The van der Waals surface area contributed by atoms with E-state index < -0.39 is 11.9 Å². The highest BCUT2D eigenvalue weighted by atomic mass is 16.8. The molecule has 1 saturated carbocycles. The van der Waals surface area contributed by atoms with Crippen molar-refractivity contribution < 1.29 is 14.6 Å². The summed E-state index contributed by atoms with van der Waals surface area (Å²) in [6, 6.07) is 0. The molecule has 0 unspecified atom stereocenters. The van der Waals surface area contributed by atoms with Crippen LogP contribution in [0.2, 0.25) is 0 Å². The molecule has 1 heterocycles. The first-order valence-electron chi connectivity index (χ1n) is 4.21. The topological polar surface area (TPSA) is 38.7 Å². The van der Waals surface area contributed by atoms with E-state index in [9.17, 15) is 5.11 Å². The number of aliphatic hydroxyl groups is 1. The largest absolute Gasteiger partial charge is 0.390 e. The van der Waals surface area contributed by atoms with Gasteiger partial charge in [-0.05, 0) is 13.8 Å². The molecule has 12 heavy (non-hydrogen) atoms. The van der Waals surface area contributed by atoms with Gasteiger partial charge in [-0.15, -0.1) is 6.58 Å². The van der Waals surface area contributed by atoms with Crippen LogP contribution in [-0.2, 0) is 9.47 Å². The summed E-state index contributed by atoms with van der Waals surface area (Å²) in [5.41, 5.74) is 0. The lowest BCUT2D eigenvalue weighted by Crippen LogP contribution is -2.56. The Balaban J connectivity index is 2.11. The van der Waals surface area contributed by atoms with E-state index >= 15 is 0 Å². The monoisotopic (exact) mass is 170 g/mol. The third-order valence-corrected chi connectivity index (χ3v) is 2.55. The zero-order chi connectivity index (χ0) is 8.93. The van der Waals surface area contributed by atoms with Crippen LogP contribution in [0.3, 0.4) is 0 Å². The summed E-state index contributed by atoms with van der Waals surface area (Å²) in [6.45, 7) is 7.36. The Kier molecular flexibility index (Phi) is 1.59. The second-order valence-electron chi connectivity index (χ2n) is 3.87. The lowest BCUT2D eigenvalue weighted by atomic mass is 9.76. The van der Waals surface area contributed by atoms with E-state index in [2.05, 4.69) is 6.58 Å². The van der Waals surface area contributed by atoms with Crippen molar-refractivity contribution >= 4 is 0 Å². The fourth-order valence-corrected chi connectivity index (χ4v) is 1.92. The molecule has 0 radical (unpaired) electrons. The van der Waals surface area contributed by atoms with E-state index in [1.807, 2.05) is 13.8 Å². The van der Waals surface area contributed by atoms with Gasteiger partial charge in [-0.2, -0.15) is 0 Å². The Hall–Kier alpha value is -0.380. The van der Waals surface area contributed by atoms with Gasteiger partial charge in [-0.1, -0.05) is 6.08 Å². The van der Waals surface area contributed by atoms with E-state index in [-0.39, 0.29) is 18.1 Å². The van der Waals surface area contributed by atoms with Crippen molar-refractivity contribution in [3.8, 4) is 0 Å². The van der Waals surface area contributed by atoms with Crippen LogP contribution in [0, 0.1) is 5.92 Å². The molecule has 0 bridgehead atoms. The van der Waals surface area contributed by atoms with Gasteiger partial charge in [-0.3, -0.25) is 0 Å². The average molecular weight is 170 g/mol. The fourth-order valence-electron chi connectivity index (χ4n) is 1.92. The summed E-state index contributed by atoms with van der Waals surface area (Å²) in [7, 11) is 0. The molecule has 3 nitrogen and oxygen atoms in total. The van der Waals surface area contributed by atoms with Crippen molar-refractivity contribution in [2.75, 3.05) is 0 Å². The van der Waals surface area contributed by atoms with Gasteiger partial charge < -0.3 is 14.6 Å². The maximum absolute atomic E-state index is 9.53. The minimum Gasteiger partial charge on any atom is -0.390 e. The second kappa shape index (κ2) is 2.31. The predicted octanol–water partition coefficient (Wildman–Crippen LogP) is 0.683. The number of fused-ring (bicyclic) bond motifs is 1. The highest BCUT2D eigenvalue weighted by Gasteiger charge is 2.58. The Labute approximate surface area is 72.0 Å². The van der Waals surface area contributed by atoms with Crippen LogP contribution in [0.4, 0.5) is 0 Å². The number of rotatable bonds is 1. The first kappa shape index (κ1) is 8.23. The second-order valence-corrected chi connectivity index (χ2v) is 3.87. The van der Waals surface area contributed by atoms with Crippen molar-refractivity contribution in [2.24, 2.45) is 5.92 Å². The maximum atomic E-state index is 9.53. The molecule has 1 saturated heterocycles. The molecular weight excluding hydrogens is 156 g/mol. The molecule has 0 amide bonds. The summed E-state index contributed by atoms with van der Waals surface area (Å²) in [4.78, 5) is 0. The molecule has 0 aromatic heterocycles. The zero-order valence-corrected chi connectivity index (χ0v) is 7.36. The van der Waals surface area contributed by atoms with Crippen molar-refractivity contribution in [1.82, 2.24) is 0 Å². The molecule has 3 heteroatoms. The Morgan fingerprint density at radius 2 is 1.92 bits per heavy atom. The summed E-state index contributed by atoms with van der Waals surface area (Å²) in [6.07, 6.45) is 1.15. The number of ether oxygens (including phenoxy) is 2. The van der Waals surface area contributed by atoms with E-state index in [4.69, 9.17) is 9.47 Å². The van der Waals surface area contributed by atoms with Gasteiger partial charge in [-0.25, -0.2) is 0 Å². The van der Waals surface area contributed by atoms with Gasteiger partial charge in [0.1, 0.15) is 6.10 Å².